The van der Waals surface area contributed by atoms with Crippen molar-refractivity contribution in [2.24, 2.45) is 0 Å². The molecule has 1 aliphatic heterocycles. The molecule has 8 heteroatoms. The number of nitrogens with one attached hydrogen (secondary N) is 1. The average Bonchev–Trinajstić information content (AvgIpc) is 3.38. The van der Waals surface area contributed by atoms with Crippen LogP contribution in [0.4, 0.5) is 5.69 Å². The summed E-state index contributed by atoms with van der Waals surface area (Å²) in [6, 6.07) is 15.2. The van der Waals surface area contributed by atoms with E-state index in [-0.39, 0.29) is 17.7 Å². The van der Waals surface area contributed by atoms with Gasteiger partial charge in [-0.25, -0.2) is 0 Å². The van der Waals surface area contributed by atoms with Crippen LogP contribution in [0.15, 0.2) is 53.1 Å². The Hall–Kier alpha value is -3.68. The van der Waals surface area contributed by atoms with E-state index < -0.39 is 0 Å². The molecule has 0 unspecified atom stereocenters. The lowest BCUT2D eigenvalue weighted by atomic mass is 9.96. The molecule has 178 valence electrons. The number of aryl methyl sites for hydroxylation is 1. The van der Waals surface area contributed by atoms with Crippen LogP contribution in [0.1, 0.15) is 50.0 Å². The number of rotatable bonds is 8. The SMILES string of the molecule is CCC(=O)Nc1cccc(-c2noc(C3CCN(C(=O)CCc4ccc(OC)cc4)CC3)n2)c1. The number of hydrogen-bond acceptors (Lipinski definition) is 6. The minimum absolute atomic E-state index is 0.0451. The van der Waals surface area contributed by atoms with E-state index in [9.17, 15) is 9.59 Å². The molecule has 2 heterocycles. The van der Waals surface area contributed by atoms with Crippen LogP contribution in [-0.4, -0.2) is 47.1 Å². The second-order valence-electron chi connectivity index (χ2n) is 8.44. The predicted molar refractivity (Wildman–Crippen MR) is 129 cm³/mol. The second kappa shape index (κ2) is 11.0. The van der Waals surface area contributed by atoms with Crippen molar-refractivity contribution < 1.29 is 18.8 Å². The highest BCUT2D eigenvalue weighted by molar-refractivity contribution is 5.91. The normalized spacial score (nSPS) is 14.1. The summed E-state index contributed by atoms with van der Waals surface area (Å²) >= 11 is 0. The van der Waals surface area contributed by atoms with Gasteiger partial charge in [0, 0.05) is 43.1 Å². The van der Waals surface area contributed by atoms with Crippen LogP contribution < -0.4 is 10.1 Å². The lowest BCUT2D eigenvalue weighted by molar-refractivity contribution is -0.132. The molecular weight excluding hydrogens is 432 g/mol. The number of aromatic nitrogens is 2. The van der Waals surface area contributed by atoms with E-state index in [0.717, 1.165) is 29.7 Å². The second-order valence-corrected chi connectivity index (χ2v) is 8.44. The number of carbonyl (C=O) groups is 2. The first-order valence-corrected chi connectivity index (χ1v) is 11.7. The van der Waals surface area contributed by atoms with Gasteiger partial charge in [-0.3, -0.25) is 9.59 Å². The Morgan fingerprint density at radius 2 is 1.91 bits per heavy atom. The van der Waals surface area contributed by atoms with Gasteiger partial charge in [0.2, 0.25) is 23.5 Å². The summed E-state index contributed by atoms with van der Waals surface area (Å²) in [6.45, 7) is 3.18. The zero-order valence-electron chi connectivity index (χ0n) is 19.6. The van der Waals surface area contributed by atoms with Gasteiger partial charge in [0.1, 0.15) is 5.75 Å². The van der Waals surface area contributed by atoms with Crippen molar-refractivity contribution in [1.29, 1.82) is 0 Å². The highest BCUT2D eigenvalue weighted by Crippen LogP contribution is 2.29. The number of likely N-dealkylation sites (tertiary alicyclic amines) is 1. The zero-order valence-corrected chi connectivity index (χ0v) is 19.6. The fourth-order valence-electron chi connectivity index (χ4n) is 4.08. The molecule has 8 nitrogen and oxygen atoms in total. The van der Waals surface area contributed by atoms with Crippen molar-refractivity contribution in [2.45, 2.75) is 44.9 Å². The number of benzene rings is 2. The largest absolute Gasteiger partial charge is 0.497 e. The van der Waals surface area contributed by atoms with Gasteiger partial charge in [0.05, 0.1) is 7.11 Å². The molecule has 4 rings (SSSR count). The van der Waals surface area contributed by atoms with Gasteiger partial charge in [-0.15, -0.1) is 0 Å². The molecule has 0 spiro atoms. The summed E-state index contributed by atoms with van der Waals surface area (Å²) < 4.78 is 10.7. The number of anilines is 1. The third-order valence-electron chi connectivity index (χ3n) is 6.15. The topological polar surface area (TPSA) is 97.6 Å². The molecular formula is C26H30N4O4. The number of nitrogens with zero attached hydrogens (tertiary/aromatic N) is 3. The summed E-state index contributed by atoms with van der Waals surface area (Å²) in [5.74, 6) is 2.18. The van der Waals surface area contributed by atoms with Gasteiger partial charge in [0.15, 0.2) is 0 Å². The number of amides is 2. The molecule has 0 aliphatic carbocycles. The standard InChI is InChI=1S/C26H30N4O4/c1-3-23(31)27-21-6-4-5-20(17-21)25-28-26(34-29-25)19-13-15-30(16-14-19)24(32)12-9-18-7-10-22(33-2)11-8-18/h4-8,10-11,17,19H,3,9,12-16H2,1-2H3,(H,27,31). The third kappa shape index (κ3) is 5.81. The molecule has 3 aromatic rings. The van der Waals surface area contributed by atoms with Crippen LogP contribution >= 0.6 is 0 Å². The molecule has 1 aliphatic rings. The van der Waals surface area contributed by atoms with E-state index >= 15 is 0 Å². The average molecular weight is 463 g/mol. The Bertz CT molecular complexity index is 1120. The molecule has 1 aromatic heterocycles. The van der Waals surface area contributed by atoms with Crippen LogP contribution in [0.3, 0.4) is 0 Å². The third-order valence-corrected chi connectivity index (χ3v) is 6.15. The van der Waals surface area contributed by atoms with Crippen molar-refractivity contribution in [3.63, 3.8) is 0 Å². The molecule has 0 radical (unpaired) electrons. The number of piperidine rings is 1. The molecule has 2 amide bonds. The summed E-state index contributed by atoms with van der Waals surface area (Å²) in [6.07, 6.45) is 3.21. The number of hydrogen-bond donors (Lipinski definition) is 1. The maximum atomic E-state index is 12.7. The molecule has 1 N–H and O–H groups in total. The van der Waals surface area contributed by atoms with Gasteiger partial charge in [-0.2, -0.15) is 4.98 Å². The predicted octanol–water partition coefficient (Wildman–Crippen LogP) is 4.43. The van der Waals surface area contributed by atoms with Crippen molar-refractivity contribution in [2.75, 3.05) is 25.5 Å². The fraction of sp³-hybridized carbons (Fsp3) is 0.385. The first-order chi connectivity index (χ1) is 16.6. The molecule has 2 aromatic carbocycles. The van der Waals surface area contributed by atoms with Gasteiger partial charge >= 0.3 is 0 Å². The molecule has 0 saturated carbocycles. The first kappa shape index (κ1) is 23.5. The quantitative estimate of drug-likeness (QED) is 0.532. The van der Waals surface area contributed by atoms with Crippen molar-refractivity contribution >= 4 is 17.5 Å². The maximum absolute atomic E-state index is 12.7. The first-order valence-electron chi connectivity index (χ1n) is 11.7. The van der Waals surface area contributed by atoms with Crippen LogP contribution in [0.5, 0.6) is 5.75 Å². The highest BCUT2D eigenvalue weighted by atomic mass is 16.5. The monoisotopic (exact) mass is 462 g/mol. The van der Waals surface area contributed by atoms with E-state index in [4.69, 9.17) is 9.26 Å². The van der Waals surface area contributed by atoms with E-state index in [1.165, 1.54) is 0 Å². The molecule has 0 bridgehead atoms. The van der Waals surface area contributed by atoms with E-state index in [0.29, 0.717) is 49.8 Å². The molecule has 1 saturated heterocycles. The van der Waals surface area contributed by atoms with Crippen LogP contribution in [0.2, 0.25) is 0 Å². The Kier molecular flexibility index (Phi) is 7.57. The number of methoxy groups -OCH3 is 1. The molecule has 0 atom stereocenters. The van der Waals surface area contributed by atoms with Crippen LogP contribution in [-0.2, 0) is 16.0 Å². The molecule has 34 heavy (non-hydrogen) atoms. The Balaban J connectivity index is 1.29. The van der Waals surface area contributed by atoms with Gasteiger partial charge in [0.25, 0.3) is 0 Å². The van der Waals surface area contributed by atoms with Gasteiger partial charge in [-0.1, -0.05) is 36.3 Å². The Morgan fingerprint density at radius 1 is 1.15 bits per heavy atom. The van der Waals surface area contributed by atoms with E-state index in [1.54, 1.807) is 7.11 Å². The van der Waals surface area contributed by atoms with Crippen molar-refractivity contribution in [3.8, 4) is 17.1 Å². The molecule has 1 fully saturated rings. The van der Waals surface area contributed by atoms with Gasteiger partial charge in [-0.05, 0) is 49.1 Å². The summed E-state index contributed by atoms with van der Waals surface area (Å²) in [5, 5.41) is 6.99. The van der Waals surface area contributed by atoms with Gasteiger partial charge < -0.3 is 19.5 Å². The van der Waals surface area contributed by atoms with E-state index in [1.807, 2.05) is 60.4 Å². The summed E-state index contributed by atoms with van der Waals surface area (Å²) in [7, 11) is 1.64. The van der Waals surface area contributed by atoms with E-state index in [2.05, 4.69) is 15.5 Å². The van der Waals surface area contributed by atoms with Crippen molar-refractivity contribution in [1.82, 2.24) is 15.0 Å². The number of carbonyl (C=O) groups excluding carboxylic acids is 2. The lowest BCUT2D eigenvalue weighted by Gasteiger charge is -2.30. The minimum atomic E-state index is -0.0451. The Morgan fingerprint density at radius 3 is 2.62 bits per heavy atom. The maximum Gasteiger partial charge on any atom is 0.230 e. The number of ether oxygens (including phenoxy) is 1. The summed E-state index contributed by atoms with van der Waals surface area (Å²) in [5.41, 5.74) is 2.62. The Labute approximate surface area is 199 Å². The zero-order chi connectivity index (χ0) is 23.9. The minimum Gasteiger partial charge on any atom is -0.497 e. The van der Waals surface area contributed by atoms with Crippen LogP contribution in [0.25, 0.3) is 11.4 Å². The summed E-state index contributed by atoms with van der Waals surface area (Å²) in [4.78, 5) is 30.9. The fourth-order valence-corrected chi connectivity index (χ4v) is 4.08. The lowest BCUT2D eigenvalue weighted by Crippen LogP contribution is -2.38. The van der Waals surface area contributed by atoms with Crippen molar-refractivity contribution in [3.05, 3.63) is 60.0 Å². The van der Waals surface area contributed by atoms with Crippen LogP contribution in [0, 0.1) is 0 Å². The smallest absolute Gasteiger partial charge is 0.230 e. The highest BCUT2D eigenvalue weighted by Gasteiger charge is 2.27.